The van der Waals surface area contributed by atoms with Crippen LogP contribution in [0.2, 0.25) is 0 Å². The number of hydrogen-bond donors (Lipinski definition) is 1. The number of anilines is 1. The van der Waals surface area contributed by atoms with Gasteiger partial charge >= 0.3 is 0 Å². The van der Waals surface area contributed by atoms with Crippen LogP contribution in [0.25, 0.3) is 11.1 Å². The number of pyridine rings is 1. The van der Waals surface area contributed by atoms with Crippen LogP contribution in [0.15, 0.2) is 77.7 Å². The highest BCUT2D eigenvalue weighted by Crippen LogP contribution is 2.40. The SMILES string of the molecule is CCOc1cc(=O)n(C)cc1-c1cc(NC(=O)Cc2ccccc2OC)ccc1Oc1ccc(F)cc1F. The normalized spacial score (nSPS) is 10.7. The van der Waals surface area contributed by atoms with Crippen LogP contribution < -0.4 is 25.1 Å². The molecule has 0 aliphatic carbocycles. The van der Waals surface area contributed by atoms with Crippen molar-refractivity contribution in [1.82, 2.24) is 4.57 Å². The number of carbonyl (C=O) groups excluding carboxylic acids is 1. The monoisotopic (exact) mass is 520 g/mol. The first-order valence-electron chi connectivity index (χ1n) is 11.8. The van der Waals surface area contributed by atoms with E-state index in [-0.39, 0.29) is 41.7 Å². The second-order valence-corrected chi connectivity index (χ2v) is 8.36. The number of aryl methyl sites for hydroxylation is 1. The number of methoxy groups -OCH3 is 1. The van der Waals surface area contributed by atoms with Gasteiger partial charge in [-0.05, 0) is 43.3 Å². The fourth-order valence-corrected chi connectivity index (χ4v) is 3.90. The summed E-state index contributed by atoms with van der Waals surface area (Å²) >= 11 is 0. The molecule has 0 radical (unpaired) electrons. The van der Waals surface area contributed by atoms with Crippen LogP contribution in [0.5, 0.6) is 23.0 Å². The standard InChI is InChI=1S/C29H26F2N2O5/c1-4-37-27-16-29(35)33(2)17-22(27)21-15-20(32-28(34)13-18-7-5-6-8-24(18)36-3)10-12-25(21)38-26-11-9-19(30)14-23(26)31/h5-12,14-17H,4,13H2,1-3H3,(H,32,34). The van der Waals surface area contributed by atoms with Crippen molar-refractivity contribution in [1.29, 1.82) is 0 Å². The Morgan fingerprint density at radius 2 is 1.68 bits per heavy atom. The molecule has 0 saturated carbocycles. The van der Waals surface area contributed by atoms with Crippen molar-refractivity contribution in [2.45, 2.75) is 13.3 Å². The predicted octanol–water partition coefficient (Wildman–Crippen LogP) is 5.71. The lowest BCUT2D eigenvalue weighted by Crippen LogP contribution is -2.16. The topological polar surface area (TPSA) is 78.8 Å². The number of nitrogens with zero attached hydrogens (tertiary/aromatic N) is 1. The van der Waals surface area contributed by atoms with Gasteiger partial charge in [0.15, 0.2) is 11.6 Å². The van der Waals surface area contributed by atoms with Crippen LogP contribution in [-0.2, 0) is 18.3 Å². The number of amides is 1. The molecule has 0 saturated heterocycles. The smallest absolute Gasteiger partial charge is 0.254 e. The van der Waals surface area contributed by atoms with Gasteiger partial charge in [0.25, 0.3) is 5.56 Å². The molecule has 4 aromatic rings. The molecule has 38 heavy (non-hydrogen) atoms. The predicted molar refractivity (Wildman–Crippen MR) is 140 cm³/mol. The number of carbonyl (C=O) groups is 1. The maximum Gasteiger partial charge on any atom is 0.254 e. The zero-order valence-electron chi connectivity index (χ0n) is 21.1. The van der Waals surface area contributed by atoms with Crippen molar-refractivity contribution in [2.24, 2.45) is 7.05 Å². The summed E-state index contributed by atoms with van der Waals surface area (Å²) in [5.74, 6) is -1.00. The molecule has 0 atom stereocenters. The molecular formula is C29H26F2N2O5. The third-order valence-corrected chi connectivity index (χ3v) is 5.70. The van der Waals surface area contributed by atoms with Gasteiger partial charge in [0.1, 0.15) is 23.1 Å². The Labute approximate surface area is 218 Å². The summed E-state index contributed by atoms with van der Waals surface area (Å²) in [6.45, 7) is 2.07. The molecule has 0 fully saturated rings. The Bertz CT molecular complexity index is 1530. The van der Waals surface area contributed by atoms with Crippen molar-refractivity contribution >= 4 is 11.6 Å². The van der Waals surface area contributed by atoms with Gasteiger partial charge in [0, 0.05) is 47.8 Å². The zero-order chi connectivity index (χ0) is 27.2. The van der Waals surface area contributed by atoms with Crippen molar-refractivity contribution in [3.8, 4) is 34.1 Å². The molecule has 1 heterocycles. The quantitative estimate of drug-likeness (QED) is 0.306. The van der Waals surface area contributed by atoms with Crippen LogP contribution in [0.4, 0.5) is 14.5 Å². The Kier molecular flexibility index (Phi) is 8.06. The highest BCUT2D eigenvalue weighted by Gasteiger charge is 2.18. The number of nitrogens with one attached hydrogen (secondary N) is 1. The third kappa shape index (κ3) is 6.00. The lowest BCUT2D eigenvalue weighted by atomic mass is 10.0. The van der Waals surface area contributed by atoms with E-state index >= 15 is 0 Å². The maximum atomic E-state index is 14.4. The second kappa shape index (κ2) is 11.6. The fourth-order valence-electron chi connectivity index (χ4n) is 3.90. The average Bonchev–Trinajstić information content (AvgIpc) is 2.89. The van der Waals surface area contributed by atoms with Crippen LogP contribution in [-0.4, -0.2) is 24.2 Å². The van der Waals surface area contributed by atoms with Gasteiger partial charge in [-0.2, -0.15) is 0 Å². The molecule has 1 N–H and O–H groups in total. The van der Waals surface area contributed by atoms with E-state index in [4.69, 9.17) is 14.2 Å². The molecule has 0 unspecified atom stereocenters. The van der Waals surface area contributed by atoms with Crippen LogP contribution in [0.3, 0.4) is 0 Å². The van der Waals surface area contributed by atoms with Crippen molar-refractivity contribution in [3.63, 3.8) is 0 Å². The van der Waals surface area contributed by atoms with Crippen molar-refractivity contribution in [2.75, 3.05) is 19.0 Å². The molecule has 0 aliphatic rings. The number of aromatic nitrogens is 1. The molecule has 1 aromatic heterocycles. The van der Waals surface area contributed by atoms with Crippen LogP contribution in [0.1, 0.15) is 12.5 Å². The summed E-state index contributed by atoms with van der Waals surface area (Å²) in [4.78, 5) is 25.2. The average molecular weight is 521 g/mol. The second-order valence-electron chi connectivity index (χ2n) is 8.36. The first kappa shape index (κ1) is 26.4. The van der Waals surface area contributed by atoms with Gasteiger partial charge in [-0.15, -0.1) is 0 Å². The van der Waals surface area contributed by atoms with Gasteiger partial charge in [-0.1, -0.05) is 18.2 Å². The number of para-hydroxylation sites is 1. The Morgan fingerprint density at radius 1 is 0.921 bits per heavy atom. The molecule has 0 aliphatic heterocycles. The molecule has 3 aromatic carbocycles. The summed E-state index contributed by atoms with van der Waals surface area (Å²) in [5, 5.41) is 2.86. The molecule has 0 spiro atoms. The van der Waals surface area contributed by atoms with Crippen LogP contribution >= 0.6 is 0 Å². The summed E-state index contributed by atoms with van der Waals surface area (Å²) in [6.07, 6.45) is 1.64. The van der Waals surface area contributed by atoms with Crippen molar-refractivity contribution < 1.29 is 27.8 Å². The molecule has 4 rings (SSSR count). The summed E-state index contributed by atoms with van der Waals surface area (Å²) in [6, 6.07) is 16.3. The van der Waals surface area contributed by atoms with Gasteiger partial charge < -0.3 is 24.1 Å². The number of rotatable bonds is 9. The van der Waals surface area contributed by atoms with Gasteiger partial charge in [-0.25, -0.2) is 8.78 Å². The highest BCUT2D eigenvalue weighted by molar-refractivity contribution is 5.94. The van der Waals surface area contributed by atoms with E-state index in [2.05, 4.69) is 5.32 Å². The Morgan fingerprint density at radius 3 is 2.42 bits per heavy atom. The van der Waals surface area contributed by atoms with Gasteiger partial charge in [0.05, 0.1) is 20.1 Å². The number of hydrogen-bond acceptors (Lipinski definition) is 5. The molecule has 1 amide bonds. The third-order valence-electron chi connectivity index (χ3n) is 5.70. The van der Waals surface area contributed by atoms with E-state index < -0.39 is 11.6 Å². The largest absolute Gasteiger partial charge is 0.496 e. The molecule has 7 nitrogen and oxygen atoms in total. The van der Waals surface area contributed by atoms with Crippen LogP contribution in [0, 0.1) is 11.6 Å². The maximum absolute atomic E-state index is 14.4. The number of benzene rings is 3. The lowest BCUT2D eigenvalue weighted by Gasteiger charge is -2.17. The number of ether oxygens (including phenoxy) is 3. The summed E-state index contributed by atoms with van der Waals surface area (Å²) < 4.78 is 46.1. The summed E-state index contributed by atoms with van der Waals surface area (Å²) in [5.41, 5.74) is 1.76. The van der Waals surface area contributed by atoms with Crippen molar-refractivity contribution in [3.05, 3.63) is 100 Å². The van der Waals surface area contributed by atoms with E-state index in [1.54, 1.807) is 50.5 Å². The molecule has 0 bridgehead atoms. The Balaban J connectivity index is 1.75. The molecule has 196 valence electrons. The van der Waals surface area contributed by atoms with Gasteiger partial charge in [0.2, 0.25) is 5.91 Å². The fraction of sp³-hybridized carbons (Fsp3) is 0.172. The van der Waals surface area contributed by atoms with E-state index in [1.807, 2.05) is 12.1 Å². The minimum atomic E-state index is -0.879. The van der Waals surface area contributed by atoms with E-state index in [1.165, 1.54) is 23.8 Å². The van der Waals surface area contributed by atoms with E-state index in [0.29, 0.717) is 22.6 Å². The first-order valence-corrected chi connectivity index (χ1v) is 11.8. The van der Waals surface area contributed by atoms with Gasteiger partial charge in [-0.3, -0.25) is 9.59 Å². The number of halogens is 2. The zero-order valence-corrected chi connectivity index (χ0v) is 21.1. The summed E-state index contributed by atoms with van der Waals surface area (Å²) in [7, 11) is 3.12. The Hall–Kier alpha value is -4.66. The lowest BCUT2D eigenvalue weighted by molar-refractivity contribution is -0.115. The molecule has 9 heteroatoms. The minimum absolute atomic E-state index is 0.0718. The highest BCUT2D eigenvalue weighted by atomic mass is 19.1. The van der Waals surface area contributed by atoms with E-state index in [9.17, 15) is 18.4 Å². The van der Waals surface area contributed by atoms with E-state index in [0.717, 1.165) is 17.7 Å². The minimum Gasteiger partial charge on any atom is -0.496 e. The first-order chi connectivity index (χ1) is 18.3. The molecular weight excluding hydrogens is 494 g/mol.